The van der Waals surface area contributed by atoms with Crippen LogP contribution in [0.25, 0.3) is 0 Å². The molecular formula is C9H10O4S. The fraction of sp³-hybridized carbons (Fsp3) is 0.444. The average molecular weight is 214 g/mol. The molecule has 76 valence electrons. The minimum atomic E-state index is -0.666. The third kappa shape index (κ3) is 1.79. The Kier molecular flexibility index (Phi) is 2.54. The van der Waals surface area contributed by atoms with E-state index in [0.29, 0.717) is 11.3 Å². The maximum absolute atomic E-state index is 11.3. The lowest BCUT2D eigenvalue weighted by Crippen LogP contribution is -2.05. The predicted octanol–water partition coefficient (Wildman–Crippen LogP) is 0.794. The number of hydrogen-bond acceptors (Lipinski definition) is 5. The Bertz CT molecular complexity index is 346. The van der Waals surface area contributed by atoms with Gasteiger partial charge >= 0.3 is 5.97 Å². The lowest BCUT2D eigenvalue weighted by Gasteiger charge is -1.98. The number of aliphatic hydroxyl groups excluding tert-OH is 1. The van der Waals surface area contributed by atoms with E-state index >= 15 is 0 Å². The molecule has 0 saturated carbocycles. The normalized spacial score (nSPS) is 24.7. The number of carbonyl (C=O) groups excluding carboxylic acids is 1. The summed E-state index contributed by atoms with van der Waals surface area (Å²) in [5.41, 5.74) is 0.878. The van der Waals surface area contributed by atoms with E-state index in [9.17, 15) is 4.79 Å². The van der Waals surface area contributed by atoms with E-state index in [1.165, 1.54) is 18.4 Å². The molecule has 0 bridgehead atoms. The first kappa shape index (κ1) is 9.64. The predicted molar refractivity (Wildman–Crippen MR) is 50.2 cm³/mol. The van der Waals surface area contributed by atoms with E-state index in [2.05, 4.69) is 4.74 Å². The molecule has 4 nitrogen and oxygen atoms in total. The molecule has 1 aromatic rings. The van der Waals surface area contributed by atoms with Crippen LogP contribution in [-0.4, -0.2) is 30.6 Å². The number of aliphatic hydroxyl groups is 1. The van der Waals surface area contributed by atoms with Crippen LogP contribution in [0.4, 0.5) is 0 Å². The zero-order valence-corrected chi connectivity index (χ0v) is 8.41. The molecule has 2 atom stereocenters. The fourth-order valence-electron chi connectivity index (χ4n) is 1.27. The van der Waals surface area contributed by atoms with E-state index in [-0.39, 0.29) is 12.1 Å². The Morgan fingerprint density at radius 2 is 2.50 bits per heavy atom. The van der Waals surface area contributed by atoms with Gasteiger partial charge in [0, 0.05) is 6.42 Å². The first-order valence-electron chi connectivity index (χ1n) is 4.20. The van der Waals surface area contributed by atoms with Crippen LogP contribution >= 0.6 is 11.3 Å². The zero-order chi connectivity index (χ0) is 10.1. The fourth-order valence-corrected chi connectivity index (χ4v) is 2.12. The lowest BCUT2D eigenvalue weighted by atomic mass is 10.1. The van der Waals surface area contributed by atoms with Gasteiger partial charge < -0.3 is 14.6 Å². The van der Waals surface area contributed by atoms with Crippen LogP contribution in [0.1, 0.15) is 15.2 Å². The molecule has 1 saturated heterocycles. The second-order valence-electron chi connectivity index (χ2n) is 3.04. The monoisotopic (exact) mass is 214 g/mol. The molecular weight excluding hydrogens is 204 g/mol. The van der Waals surface area contributed by atoms with E-state index < -0.39 is 6.29 Å². The largest absolute Gasteiger partial charge is 0.465 e. The van der Waals surface area contributed by atoms with Crippen LogP contribution in [-0.2, 0) is 15.9 Å². The van der Waals surface area contributed by atoms with Gasteiger partial charge in [0.15, 0.2) is 6.29 Å². The number of ether oxygens (including phenoxy) is 2. The highest BCUT2D eigenvalue weighted by Gasteiger charge is 2.37. The summed E-state index contributed by atoms with van der Waals surface area (Å²) in [5.74, 6) is -0.329. The minimum absolute atomic E-state index is 0.159. The Labute approximate surface area is 85.1 Å². The molecule has 0 radical (unpaired) electrons. The van der Waals surface area contributed by atoms with Crippen molar-refractivity contribution in [1.82, 2.24) is 0 Å². The summed E-state index contributed by atoms with van der Waals surface area (Å²) in [6.07, 6.45) is -0.261. The Morgan fingerprint density at radius 3 is 3.07 bits per heavy atom. The van der Waals surface area contributed by atoms with Crippen LogP contribution in [0, 0.1) is 0 Å². The summed E-state index contributed by atoms with van der Waals surface area (Å²) in [7, 11) is 1.36. The van der Waals surface area contributed by atoms with E-state index in [0.717, 1.165) is 5.56 Å². The summed E-state index contributed by atoms with van der Waals surface area (Å²) in [4.78, 5) is 11.9. The molecule has 0 spiro atoms. The Morgan fingerprint density at radius 1 is 1.79 bits per heavy atom. The maximum atomic E-state index is 11.3. The van der Waals surface area contributed by atoms with Gasteiger partial charge in [0.05, 0.1) is 7.11 Å². The molecule has 2 heterocycles. The third-order valence-corrected chi connectivity index (χ3v) is 3.03. The summed E-state index contributed by atoms with van der Waals surface area (Å²) < 4.78 is 9.50. The number of carbonyl (C=O) groups is 1. The highest BCUT2D eigenvalue weighted by molar-refractivity contribution is 7.12. The van der Waals surface area contributed by atoms with Crippen molar-refractivity contribution in [1.29, 1.82) is 0 Å². The van der Waals surface area contributed by atoms with Gasteiger partial charge in [0.25, 0.3) is 0 Å². The topological polar surface area (TPSA) is 59.1 Å². The van der Waals surface area contributed by atoms with Gasteiger partial charge in [0.2, 0.25) is 0 Å². The lowest BCUT2D eigenvalue weighted by molar-refractivity contribution is 0.0605. The van der Waals surface area contributed by atoms with E-state index in [1.54, 1.807) is 0 Å². The van der Waals surface area contributed by atoms with Crippen LogP contribution in [0.15, 0.2) is 11.4 Å². The van der Waals surface area contributed by atoms with Crippen molar-refractivity contribution in [2.24, 2.45) is 0 Å². The number of methoxy groups -OCH3 is 1. The third-order valence-electron chi connectivity index (χ3n) is 2.09. The first-order chi connectivity index (χ1) is 6.72. The molecule has 1 aromatic heterocycles. The van der Waals surface area contributed by atoms with Gasteiger partial charge in [-0.1, -0.05) is 0 Å². The molecule has 0 amide bonds. The molecule has 1 fully saturated rings. The average Bonchev–Trinajstić information content (AvgIpc) is 2.67. The van der Waals surface area contributed by atoms with Crippen LogP contribution in [0.5, 0.6) is 0 Å². The Hall–Kier alpha value is -0.910. The summed E-state index contributed by atoms with van der Waals surface area (Å²) >= 11 is 1.34. The second-order valence-corrected chi connectivity index (χ2v) is 3.95. The van der Waals surface area contributed by atoms with Crippen LogP contribution in [0.2, 0.25) is 0 Å². The summed E-state index contributed by atoms with van der Waals surface area (Å²) in [5, 5.41) is 10.8. The van der Waals surface area contributed by atoms with Crippen molar-refractivity contribution in [3.8, 4) is 0 Å². The van der Waals surface area contributed by atoms with Crippen LogP contribution < -0.4 is 0 Å². The molecule has 2 rings (SSSR count). The van der Waals surface area contributed by atoms with Crippen molar-refractivity contribution in [2.45, 2.75) is 18.8 Å². The van der Waals surface area contributed by atoms with Crippen molar-refractivity contribution in [3.63, 3.8) is 0 Å². The highest BCUT2D eigenvalue weighted by Crippen LogP contribution is 2.27. The molecule has 14 heavy (non-hydrogen) atoms. The van der Waals surface area contributed by atoms with Crippen LogP contribution in [0.3, 0.4) is 0 Å². The molecule has 1 aliphatic heterocycles. The number of esters is 1. The number of thiophene rings is 1. The highest BCUT2D eigenvalue weighted by atomic mass is 32.1. The first-order valence-corrected chi connectivity index (χ1v) is 5.08. The summed E-state index contributed by atoms with van der Waals surface area (Å²) in [6, 6.07) is 1.85. The SMILES string of the molecule is COC(=O)c1sccc1CC1OC1O. The van der Waals surface area contributed by atoms with Crippen molar-refractivity contribution in [3.05, 3.63) is 21.9 Å². The van der Waals surface area contributed by atoms with Gasteiger partial charge in [0.1, 0.15) is 11.0 Å². The molecule has 0 aliphatic carbocycles. The van der Waals surface area contributed by atoms with E-state index in [1.807, 2.05) is 11.4 Å². The molecule has 1 aliphatic rings. The zero-order valence-electron chi connectivity index (χ0n) is 7.60. The summed E-state index contributed by atoms with van der Waals surface area (Å²) in [6.45, 7) is 0. The molecule has 0 aromatic carbocycles. The molecule has 5 heteroatoms. The molecule has 2 unspecified atom stereocenters. The van der Waals surface area contributed by atoms with Gasteiger partial charge in [-0.15, -0.1) is 11.3 Å². The van der Waals surface area contributed by atoms with E-state index in [4.69, 9.17) is 9.84 Å². The van der Waals surface area contributed by atoms with Gasteiger partial charge in [-0.3, -0.25) is 0 Å². The number of epoxide rings is 1. The number of rotatable bonds is 3. The van der Waals surface area contributed by atoms with Crippen molar-refractivity contribution in [2.75, 3.05) is 7.11 Å². The van der Waals surface area contributed by atoms with Gasteiger partial charge in [-0.05, 0) is 17.0 Å². The quantitative estimate of drug-likeness (QED) is 0.597. The van der Waals surface area contributed by atoms with Gasteiger partial charge in [-0.2, -0.15) is 0 Å². The number of hydrogen-bond donors (Lipinski definition) is 1. The van der Waals surface area contributed by atoms with Gasteiger partial charge in [-0.25, -0.2) is 4.79 Å². The smallest absolute Gasteiger partial charge is 0.348 e. The molecule has 1 N–H and O–H groups in total. The maximum Gasteiger partial charge on any atom is 0.348 e. The Balaban J connectivity index is 2.09. The van der Waals surface area contributed by atoms with Crippen molar-refractivity contribution >= 4 is 17.3 Å². The minimum Gasteiger partial charge on any atom is -0.465 e. The van der Waals surface area contributed by atoms with Crippen molar-refractivity contribution < 1.29 is 19.4 Å². The standard InChI is InChI=1S/C9H10O4S/c1-12-9(11)7-5(2-3-14-7)4-6-8(10)13-6/h2-3,6,8,10H,4H2,1H3. The second kappa shape index (κ2) is 3.68.